The van der Waals surface area contributed by atoms with E-state index in [0.717, 1.165) is 5.56 Å². The second kappa shape index (κ2) is 9.07. The minimum Gasteiger partial charge on any atom is -0.486 e. The van der Waals surface area contributed by atoms with Gasteiger partial charge in [-0.15, -0.1) is 0 Å². The maximum Gasteiger partial charge on any atom is 0.387 e. The van der Waals surface area contributed by atoms with Gasteiger partial charge in [-0.1, -0.05) is 18.2 Å². The van der Waals surface area contributed by atoms with E-state index in [2.05, 4.69) is 15.4 Å². The summed E-state index contributed by atoms with van der Waals surface area (Å²) in [5, 5.41) is 5.85. The minimum absolute atomic E-state index is 0.0982. The fourth-order valence-corrected chi connectivity index (χ4v) is 2.63. The average Bonchev–Trinajstić information content (AvgIpc) is 2.67. The monoisotopic (exact) mass is 378 g/mol. The van der Waals surface area contributed by atoms with Crippen LogP contribution in [-0.4, -0.2) is 38.8 Å². The molecule has 2 aromatic rings. The molecule has 2 N–H and O–H groups in total. The first-order chi connectivity index (χ1) is 13.1. The van der Waals surface area contributed by atoms with Gasteiger partial charge >= 0.3 is 6.61 Å². The van der Waals surface area contributed by atoms with E-state index in [9.17, 15) is 13.6 Å². The van der Waals surface area contributed by atoms with Crippen molar-refractivity contribution < 1.29 is 27.8 Å². The summed E-state index contributed by atoms with van der Waals surface area (Å²) in [6.45, 7) is -1.33. The first kappa shape index (κ1) is 18.8. The second-order valence-electron chi connectivity index (χ2n) is 5.81. The van der Waals surface area contributed by atoms with Gasteiger partial charge in [0.15, 0.2) is 11.5 Å². The summed E-state index contributed by atoms with van der Waals surface area (Å²) < 4.78 is 39.6. The molecule has 3 rings (SSSR count). The molecule has 0 saturated heterocycles. The molecule has 8 heteroatoms. The molecule has 0 aromatic heterocycles. The van der Waals surface area contributed by atoms with Crippen molar-refractivity contribution in [2.45, 2.75) is 13.0 Å². The summed E-state index contributed by atoms with van der Waals surface area (Å²) >= 11 is 0. The zero-order valence-electron chi connectivity index (χ0n) is 14.5. The molecule has 1 aliphatic heterocycles. The second-order valence-corrected chi connectivity index (χ2v) is 5.81. The lowest BCUT2D eigenvalue weighted by atomic mass is 10.1. The maximum atomic E-state index is 12.1. The number of amides is 1. The van der Waals surface area contributed by atoms with Gasteiger partial charge in [-0.05, 0) is 36.2 Å². The molecular formula is C19H20F2N2O4. The third kappa shape index (κ3) is 5.47. The number of hydrogen-bond donors (Lipinski definition) is 2. The van der Waals surface area contributed by atoms with Gasteiger partial charge in [-0.3, -0.25) is 4.79 Å². The van der Waals surface area contributed by atoms with E-state index < -0.39 is 6.61 Å². The van der Waals surface area contributed by atoms with Gasteiger partial charge in [0.25, 0.3) is 0 Å². The highest BCUT2D eigenvalue weighted by Gasteiger charge is 2.15. The van der Waals surface area contributed by atoms with E-state index in [1.54, 1.807) is 12.1 Å². The lowest BCUT2D eigenvalue weighted by Crippen LogP contribution is -2.31. The summed E-state index contributed by atoms with van der Waals surface area (Å²) in [7, 11) is 0. The molecule has 0 fully saturated rings. The van der Waals surface area contributed by atoms with E-state index in [0.29, 0.717) is 43.4 Å². The van der Waals surface area contributed by atoms with E-state index >= 15 is 0 Å². The largest absolute Gasteiger partial charge is 0.486 e. The van der Waals surface area contributed by atoms with Crippen LogP contribution in [0.1, 0.15) is 5.56 Å². The Morgan fingerprint density at radius 3 is 2.67 bits per heavy atom. The van der Waals surface area contributed by atoms with E-state index in [4.69, 9.17) is 9.47 Å². The highest BCUT2D eigenvalue weighted by molar-refractivity contribution is 5.81. The lowest BCUT2D eigenvalue weighted by molar-refractivity contribution is -0.119. The first-order valence-corrected chi connectivity index (χ1v) is 8.55. The predicted molar refractivity (Wildman–Crippen MR) is 95.7 cm³/mol. The Hall–Kier alpha value is -3.03. The van der Waals surface area contributed by atoms with Gasteiger partial charge in [-0.25, -0.2) is 0 Å². The fraction of sp³-hybridized carbons (Fsp3) is 0.316. The van der Waals surface area contributed by atoms with Crippen molar-refractivity contribution in [3.05, 3.63) is 48.0 Å². The van der Waals surface area contributed by atoms with Crippen molar-refractivity contribution in [1.82, 2.24) is 5.32 Å². The van der Waals surface area contributed by atoms with Crippen LogP contribution in [0.15, 0.2) is 42.5 Å². The summed E-state index contributed by atoms with van der Waals surface area (Å²) in [6, 6.07) is 11.8. The molecular weight excluding hydrogens is 358 g/mol. The SMILES string of the molecule is O=C(CNc1cccc2c1OCCO2)NCCc1ccc(OC(F)F)cc1. The van der Waals surface area contributed by atoms with Crippen molar-refractivity contribution in [3.63, 3.8) is 0 Å². The molecule has 144 valence electrons. The zero-order valence-corrected chi connectivity index (χ0v) is 14.5. The number of carbonyl (C=O) groups is 1. The number of fused-ring (bicyclic) bond motifs is 1. The van der Waals surface area contributed by atoms with Crippen LogP contribution in [-0.2, 0) is 11.2 Å². The molecule has 0 spiro atoms. The fourth-order valence-electron chi connectivity index (χ4n) is 2.63. The van der Waals surface area contributed by atoms with Crippen LogP contribution in [0.25, 0.3) is 0 Å². The van der Waals surface area contributed by atoms with E-state index in [1.807, 2.05) is 18.2 Å². The molecule has 0 saturated carbocycles. The summed E-state index contributed by atoms with van der Waals surface area (Å²) in [6.07, 6.45) is 0.582. The van der Waals surface area contributed by atoms with Crippen molar-refractivity contribution >= 4 is 11.6 Å². The van der Waals surface area contributed by atoms with Crippen LogP contribution >= 0.6 is 0 Å². The van der Waals surface area contributed by atoms with Crippen LogP contribution in [0.2, 0.25) is 0 Å². The van der Waals surface area contributed by atoms with Crippen LogP contribution in [0.5, 0.6) is 17.2 Å². The Morgan fingerprint density at radius 2 is 1.89 bits per heavy atom. The Morgan fingerprint density at radius 1 is 1.11 bits per heavy atom. The van der Waals surface area contributed by atoms with Crippen LogP contribution < -0.4 is 24.8 Å². The van der Waals surface area contributed by atoms with E-state index in [-0.39, 0.29) is 18.2 Å². The number of rotatable bonds is 8. The Bertz CT molecular complexity index is 769. The van der Waals surface area contributed by atoms with Crippen LogP contribution in [0.3, 0.4) is 0 Å². The maximum absolute atomic E-state index is 12.1. The highest BCUT2D eigenvalue weighted by atomic mass is 19.3. The van der Waals surface area contributed by atoms with Gasteiger partial charge in [0, 0.05) is 6.54 Å². The normalized spacial score (nSPS) is 12.6. The van der Waals surface area contributed by atoms with Gasteiger partial charge in [0.2, 0.25) is 5.91 Å². The molecule has 0 atom stereocenters. The number of alkyl halides is 2. The number of carbonyl (C=O) groups excluding carboxylic acids is 1. The molecule has 0 bridgehead atoms. The third-order valence-corrected chi connectivity index (χ3v) is 3.89. The average molecular weight is 378 g/mol. The Kier molecular flexibility index (Phi) is 6.30. The van der Waals surface area contributed by atoms with E-state index in [1.165, 1.54) is 12.1 Å². The summed E-state index contributed by atoms with van der Waals surface area (Å²) in [4.78, 5) is 12.0. The number of halogens is 2. The van der Waals surface area contributed by atoms with Crippen molar-refractivity contribution in [2.75, 3.05) is 31.6 Å². The number of hydrogen-bond acceptors (Lipinski definition) is 5. The lowest BCUT2D eigenvalue weighted by Gasteiger charge is -2.21. The third-order valence-electron chi connectivity index (χ3n) is 3.89. The highest BCUT2D eigenvalue weighted by Crippen LogP contribution is 2.37. The molecule has 27 heavy (non-hydrogen) atoms. The smallest absolute Gasteiger partial charge is 0.387 e. The molecule has 0 unspecified atom stereocenters. The molecule has 1 aliphatic rings. The Labute approximate surface area is 155 Å². The molecule has 0 aliphatic carbocycles. The first-order valence-electron chi connectivity index (χ1n) is 8.55. The molecule has 1 heterocycles. The van der Waals surface area contributed by atoms with Crippen molar-refractivity contribution in [1.29, 1.82) is 0 Å². The van der Waals surface area contributed by atoms with Gasteiger partial charge in [0.1, 0.15) is 19.0 Å². The van der Waals surface area contributed by atoms with Crippen LogP contribution in [0, 0.1) is 0 Å². The predicted octanol–water partition coefficient (Wildman–Crippen LogP) is 2.83. The summed E-state index contributed by atoms with van der Waals surface area (Å²) in [5.41, 5.74) is 1.62. The Balaban J connectivity index is 1.41. The summed E-state index contributed by atoms with van der Waals surface area (Å²) in [5.74, 6) is 1.22. The number of nitrogens with one attached hydrogen (secondary N) is 2. The standard InChI is InChI=1S/C19H20F2N2O4/c20-19(21)27-14-6-4-13(5-7-14)8-9-22-17(24)12-23-15-2-1-3-16-18(15)26-11-10-25-16/h1-7,19,23H,8-12H2,(H,22,24). The molecule has 1 amide bonds. The van der Waals surface area contributed by atoms with Gasteiger partial charge < -0.3 is 24.8 Å². The van der Waals surface area contributed by atoms with Gasteiger partial charge in [0.05, 0.1) is 12.2 Å². The topological polar surface area (TPSA) is 68.8 Å². The van der Waals surface area contributed by atoms with Crippen molar-refractivity contribution in [3.8, 4) is 17.2 Å². The minimum atomic E-state index is -2.84. The zero-order chi connectivity index (χ0) is 19.1. The van der Waals surface area contributed by atoms with Crippen molar-refractivity contribution in [2.24, 2.45) is 0 Å². The number of ether oxygens (including phenoxy) is 3. The quantitative estimate of drug-likeness (QED) is 0.739. The number of anilines is 1. The van der Waals surface area contributed by atoms with Crippen LogP contribution in [0.4, 0.5) is 14.5 Å². The molecule has 6 nitrogen and oxygen atoms in total. The molecule has 2 aromatic carbocycles. The molecule has 0 radical (unpaired) electrons. The number of para-hydroxylation sites is 1. The number of benzene rings is 2. The van der Waals surface area contributed by atoms with Gasteiger partial charge in [-0.2, -0.15) is 8.78 Å².